The molecular formula is C9H15NO. The molecule has 0 radical (unpaired) electrons. The third-order valence-electron chi connectivity index (χ3n) is 2.25. The quantitative estimate of drug-likeness (QED) is 0.476. The van der Waals surface area contributed by atoms with Gasteiger partial charge >= 0.3 is 0 Å². The zero-order valence-electron chi connectivity index (χ0n) is 6.81. The summed E-state index contributed by atoms with van der Waals surface area (Å²) in [6.45, 7) is 4.15. The highest BCUT2D eigenvalue weighted by Gasteiger charge is 2.36. The Balaban J connectivity index is 2.32. The zero-order valence-corrected chi connectivity index (χ0v) is 6.81. The summed E-state index contributed by atoms with van der Waals surface area (Å²) in [7, 11) is 0. The number of rotatable bonds is 5. The van der Waals surface area contributed by atoms with Crippen molar-refractivity contribution in [2.45, 2.75) is 31.3 Å². The lowest BCUT2D eigenvalue weighted by Gasteiger charge is -2.40. The fourth-order valence-corrected chi connectivity index (χ4v) is 1.46. The molecule has 1 aliphatic carbocycles. The van der Waals surface area contributed by atoms with Gasteiger partial charge in [0, 0.05) is 6.21 Å². The van der Waals surface area contributed by atoms with Gasteiger partial charge in [-0.15, -0.1) is 6.58 Å². The van der Waals surface area contributed by atoms with E-state index >= 15 is 0 Å². The Morgan fingerprint density at radius 3 is 2.64 bits per heavy atom. The summed E-state index contributed by atoms with van der Waals surface area (Å²) >= 11 is 0. The Bertz CT molecular complexity index is 150. The molecule has 0 heterocycles. The van der Waals surface area contributed by atoms with E-state index in [2.05, 4.69) is 6.58 Å². The number of hydrogen-bond donors (Lipinski definition) is 1. The molecule has 11 heavy (non-hydrogen) atoms. The second-order valence-electron chi connectivity index (χ2n) is 3.04. The second-order valence-corrected chi connectivity index (χ2v) is 3.04. The van der Waals surface area contributed by atoms with E-state index < -0.39 is 0 Å². The van der Waals surface area contributed by atoms with Crippen molar-refractivity contribution in [1.29, 1.82) is 5.41 Å². The molecule has 2 nitrogen and oxygen atoms in total. The molecule has 0 unspecified atom stereocenters. The van der Waals surface area contributed by atoms with E-state index in [1.54, 1.807) is 0 Å². The highest BCUT2D eigenvalue weighted by Crippen LogP contribution is 2.38. The molecule has 0 aliphatic heterocycles. The summed E-state index contributed by atoms with van der Waals surface area (Å²) in [5, 5.41) is 6.84. The Kier molecular flexibility index (Phi) is 2.83. The minimum absolute atomic E-state index is 0.0549. The third kappa shape index (κ3) is 1.90. The minimum Gasteiger partial charge on any atom is -0.369 e. The molecule has 1 aliphatic rings. The van der Waals surface area contributed by atoms with Crippen LogP contribution >= 0.6 is 0 Å². The van der Waals surface area contributed by atoms with Crippen LogP contribution in [0.15, 0.2) is 12.7 Å². The fourth-order valence-electron chi connectivity index (χ4n) is 1.46. The molecule has 1 N–H and O–H groups in total. The van der Waals surface area contributed by atoms with E-state index in [0.717, 1.165) is 19.3 Å². The van der Waals surface area contributed by atoms with Crippen molar-refractivity contribution < 1.29 is 4.74 Å². The summed E-state index contributed by atoms with van der Waals surface area (Å²) in [6, 6.07) is 0. The van der Waals surface area contributed by atoms with Crippen molar-refractivity contribution in [3.63, 3.8) is 0 Å². The monoisotopic (exact) mass is 153 g/mol. The maximum absolute atomic E-state index is 6.84. The Morgan fingerprint density at radius 2 is 2.27 bits per heavy atom. The molecule has 0 aromatic carbocycles. The van der Waals surface area contributed by atoms with Gasteiger partial charge in [-0.2, -0.15) is 0 Å². The third-order valence-corrected chi connectivity index (χ3v) is 2.25. The second kappa shape index (κ2) is 3.67. The molecule has 0 atom stereocenters. The molecule has 0 saturated heterocycles. The zero-order chi connectivity index (χ0) is 8.16. The lowest BCUT2D eigenvalue weighted by atomic mass is 9.77. The van der Waals surface area contributed by atoms with E-state index in [9.17, 15) is 0 Å². The summed E-state index contributed by atoms with van der Waals surface area (Å²) in [5.41, 5.74) is 0.0549. The van der Waals surface area contributed by atoms with Gasteiger partial charge < -0.3 is 10.1 Å². The van der Waals surface area contributed by atoms with Crippen molar-refractivity contribution in [3.8, 4) is 0 Å². The maximum atomic E-state index is 6.84. The van der Waals surface area contributed by atoms with Crippen LogP contribution in [-0.2, 0) is 4.74 Å². The summed E-state index contributed by atoms with van der Waals surface area (Å²) in [6.07, 6.45) is 7.67. The highest BCUT2D eigenvalue weighted by atomic mass is 16.5. The number of hydrogen-bond acceptors (Lipinski definition) is 2. The maximum Gasteiger partial charge on any atom is 0.0819 e. The van der Waals surface area contributed by atoms with Gasteiger partial charge in [0.2, 0.25) is 0 Å². The van der Waals surface area contributed by atoms with Crippen LogP contribution in [0.1, 0.15) is 25.7 Å². The molecule has 0 spiro atoms. The summed E-state index contributed by atoms with van der Waals surface area (Å²) in [5.74, 6) is 0. The van der Waals surface area contributed by atoms with Gasteiger partial charge in [0.25, 0.3) is 0 Å². The topological polar surface area (TPSA) is 33.1 Å². The highest BCUT2D eigenvalue weighted by molar-refractivity contribution is 5.54. The van der Waals surface area contributed by atoms with Crippen LogP contribution in [0.3, 0.4) is 0 Å². The van der Waals surface area contributed by atoms with Crippen LogP contribution in [0.5, 0.6) is 0 Å². The lowest BCUT2D eigenvalue weighted by Crippen LogP contribution is -2.40. The lowest BCUT2D eigenvalue weighted by molar-refractivity contribution is -0.0803. The van der Waals surface area contributed by atoms with Crippen LogP contribution in [0.25, 0.3) is 0 Å². The van der Waals surface area contributed by atoms with Crippen LogP contribution < -0.4 is 0 Å². The molecule has 1 fully saturated rings. The number of nitrogens with one attached hydrogen (secondary N) is 1. The Morgan fingerprint density at radius 1 is 1.55 bits per heavy atom. The van der Waals surface area contributed by atoms with Crippen molar-refractivity contribution >= 4 is 6.21 Å². The fraction of sp³-hybridized carbons (Fsp3) is 0.667. The number of ether oxygens (including phenoxy) is 1. The van der Waals surface area contributed by atoms with Gasteiger partial charge in [-0.3, -0.25) is 0 Å². The average Bonchev–Trinajstić information content (AvgIpc) is 1.95. The van der Waals surface area contributed by atoms with E-state index in [0.29, 0.717) is 6.61 Å². The van der Waals surface area contributed by atoms with E-state index in [1.807, 2.05) is 6.08 Å². The Labute approximate surface area is 67.8 Å². The van der Waals surface area contributed by atoms with Gasteiger partial charge in [-0.05, 0) is 25.7 Å². The van der Waals surface area contributed by atoms with Crippen LogP contribution in [0.4, 0.5) is 0 Å². The van der Waals surface area contributed by atoms with Crippen molar-refractivity contribution in [2.24, 2.45) is 0 Å². The molecule has 0 amide bonds. The van der Waals surface area contributed by atoms with Gasteiger partial charge in [0.1, 0.15) is 0 Å². The summed E-state index contributed by atoms with van der Waals surface area (Å²) < 4.78 is 5.54. The van der Waals surface area contributed by atoms with Gasteiger partial charge in [0.15, 0.2) is 0 Å². The van der Waals surface area contributed by atoms with E-state index in [1.165, 1.54) is 12.6 Å². The van der Waals surface area contributed by atoms with Crippen LogP contribution in [-0.4, -0.2) is 18.4 Å². The first-order valence-corrected chi connectivity index (χ1v) is 4.07. The van der Waals surface area contributed by atoms with Gasteiger partial charge in [0.05, 0.1) is 12.2 Å². The minimum atomic E-state index is 0.0549. The van der Waals surface area contributed by atoms with Crippen molar-refractivity contribution in [1.82, 2.24) is 0 Å². The van der Waals surface area contributed by atoms with Crippen molar-refractivity contribution in [2.75, 3.05) is 6.61 Å². The standard InChI is InChI=1S/C9H15NO/c1-2-4-9(5-3-6-9)11-8-7-10/h2,7,10H,1,3-6,8H2. The molecule has 1 saturated carbocycles. The predicted molar refractivity (Wildman–Crippen MR) is 46.1 cm³/mol. The van der Waals surface area contributed by atoms with Crippen LogP contribution in [0.2, 0.25) is 0 Å². The normalized spacial score (nSPS) is 20.4. The molecule has 2 heteroatoms. The van der Waals surface area contributed by atoms with Crippen molar-refractivity contribution in [3.05, 3.63) is 12.7 Å². The van der Waals surface area contributed by atoms with E-state index in [4.69, 9.17) is 10.1 Å². The molecular weight excluding hydrogens is 138 g/mol. The predicted octanol–water partition coefficient (Wildman–Crippen LogP) is 2.15. The van der Waals surface area contributed by atoms with E-state index in [-0.39, 0.29) is 5.60 Å². The summed E-state index contributed by atoms with van der Waals surface area (Å²) in [4.78, 5) is 0. The first-order valence-electron chi connectivity index (χ1n) is 4.07. The van der Waals surface area contributed by atoms with Gasteiger partial charge in [-0.1, -0.05) is 6.08 Å². The SMILES string of the molecule is C=CCC1(OCC=N)CCC1. The smallest absolute Gasteiger partial charge is 0.0819 e. The molecule has 1 rings (SSSR count). The first-order chi connectivity index (χ1) is 5.33. The molecule has 62 valence electrons. The van der Waals surface area contributed by atoms with Gasteiger partial charge in [-0.25, -0.2) is 0 Å². The molecule has 0 bridgehead atoms. The first kappa shape index (κ1) is 8.47. The average molecular weight is 153 g/mol. The van der Waals surface area contributed by atoms with Crippen LogP contribution in [0, 0.1) is 5.41 Å². The molecule has 0 aromatic heterocycles. The molecule has 0 aromatic rings. The Hall–Kier alpha value is -0.630. The largest absolute Gasteiger partial charge is 0.369 e.